The topological polar surface area (TPSA) is 59.5 Å². The molecule has 1 aromatic heterocycles. The van der Waals surface area contributed by atoms with E-state index in [-0.39, 0.29) is 6.10 Å². The maximum Gasteiger partial charge on any atom is 0.130 e. The van der Waals surface area contributed by atoms with E-state index >= 15 is 0 Å². The molecule has 2 aliphatic rings. The fraction of sp³-hybridized carbons (Fsp3) is 0.765. The Morgan fingerprint density at radius 3 is 2.96 bits per heavy atom. The lowest BCUT2D eigenvalue weighted by Gasteiger charge is -2.36. The molecule has 1 aliphatic carbocycles. The van der Waals surface area contributed by atoms with Crippen molar-refractivity contribution in [3.8, 4) is 0 Å². The predicted octanol–water partition coefficient (Wildman–Crippen LogP) is 2.16. The van der Waals surface area contributed by atoms with Gasteiger partial charge in [-0.1, -0.05) is 12.8 Å². The lowest BCUT2D eigenvalue weighted by atomic mass is 10.1. The van der Waals surface area contributed by atoms with Crippen LogP contribution in [0.25, 0.3) is 0 Å². The highest BCUT2D eigenvalue weighted by Gasteiger charge is 2.30. The molecule has 0 amide bonds. The van der Waals surface area contributed by atoms with E-state index in [0.29, 0.717) is 6.61 Å². The second-order valence-corrected chi connectivity index (χ2v) is 6.44. The summed E-state index contributed by atoms with van der Waals surface area (Å²) >= 11 is 0. The second kappa shape index (κ2) is 8.04. The molecule has 3 rings (SSSR count). The van der Waals surface area contributed by atoms with Gasteiger partial charge in [0.25, 0.3) is 0 Å². The zero-order chi connectivity index (χ0) is 16.1. The molecule has 23 heavy (non-hydrogen) atoms. The Kier molecular flexibility index (Phi) is 5.80. The molecule has 1 aliphatic heterocycles. The number of ether oxygens (including phenoxy) is 2. The minimum atomic E-state index is 0.0500. The SMILES string of the molecule is COCCNc1cc([C@H]2CN(C3CCCC3)CCO2)nc(C)n1. The number of nitrogens with zero attached hydrogens (tertiary/aromatic N) is 3. The summed E-state index contributed by atoms with van der Waals surface area (Å²) in [5.41, 5.74) is 0.986. The molecule has 6 heteroatoms. The summed E-state index contributed by atoms with van der Waals surface area (Å²) in [7, 11) is 1.70. The van der Waals surface area contributed by atoms with Crippen molar-refractivity contribution in [2.45, 2.75) is 44.8 Å². The number of aryl methyl sites for hydroxylation is 1. The van der Waals surface area contributed by atoms with Crippen LogP contribution in [0.15, 0.2) is 6.07 Å². The van der Waals surface area contributed by atoms with Crippen molar-refractivity contribution < 1.29 is 9.47 Å². The molecule has 0 unspecified atom stereocenters. The molecular weight excluding hydrogens is 292 g/mol. The van der Waals surface area contributed by atoms with E-state index in [4.69, 9.17) is 9.47 Å². The summed E-state index contributed by atoms with van der Waals surface area (Å²) in [6, 6.07) is 2.76. The Hall–Kier alpha value is -1.24. The van der Waals surface area contributed by atoms with Crippen LogP contribution in [0.3, 0.4) is 0 Å². The van der Waals surface area contributed by atoms with Gasteiger partial charge < -0.3 is 14.8 Å². The standard InChI is InChI=1S/C17H28N4O2/c1-13-19-15(11-17(20-13)18-7-9-22-2)16-12-21(8-10-23-16)14-5-3-4-6-14/h11,14,16H,3-10,12H2,1-2H3,(H,18,19,20)/t16-/m1/s1. The van der Waals surface area contributed by atoms with E-state index in [1.165, 1.54) is 25.7 Å². The number of anilines is 1. The number of methoxy groups -OCH3 is 1. The van der Waals surface area contributed by atoms with Gasteiger partial charge in [-0.3, -0.25) is 4.90 Å². The lowest BCUT2D eigenvalue weighted by molar-refractivity contribution is -0.0460. The fourth-order valence-electron chi connectivity index (χ4n) is 3.58. The smallest absolute Gasteiger partial charge is 0.130 e. The number of hydrogen-bond donors (Lipinski definition) is 1. The predicted molar refractivity (Wildman–Crippen MR) is 89.7 cm³/mol. The zero-order valence-electron chi connectivity index (χ0n) is 14.3. The zero-order valence-corrected chi connectivity index (χ0v) is 14.3. The third kappa shape index (κ3) is 4.40. The van der Waals surface area contributed by atoms with E-state index in [9.17, 15) is 0 Å². The van der Waals surface area contributed by atoms with Crippen molar-refractivity contribution in [1.29, 1.82) is 0 Å². The summed E-state index contributed by atoms with van der Waals surface area (Å²) in [5.74, 6) is 1.63. The van der Waals surface area contributed by atoms with Gasteiger partial charge in [-0.05, 0) is 19.8 Å². The van der Waals surface area contributed by atoms with E-state index in [1.54, 1.807) is 7.11 Å². The van der Waals surface area contributed by atoms with Gasteiger partial charge in [0.05, 0.1) is 18.9 Å². The van der Waals surface area contributed by atoms with Crippen LogP contribution in [0.4, 0.5) is 5.82 Å². The van der Waals surface area contributed by atoms with E-state index < -0.39 is 0 Å². The third-order valence-corrected chi connectivity index (χ3v) is 4.74. The Labute approximate surface area is 138 Å². The highest BCUT2D eigenvalue weighted by Crippen LogP contribution is 2.29. The van der Waals surface area contributed by atoms with Crippen LogP contribution in [0.2, 0.25) is 0 Å². The Balaban J connectivity index is 1.67. The van der Waals surface area contributed by atoms with Crippen LogP contribution < -0.4 is 5.32 Å². The molecule has 0 radical (unpaired) electrons. The van der Waals surface area contributed by atoms with Crippen molar-refractivity contribution in [3.63, 3.8) is 0 Å². The van der Waals surface area contributed by atoms with Crippen LogP contribution in [0.5, 0.6) is 0 Å². The monoisotopic (exact) mass is 320 g/mol. The minimum Gasteiger partial charge on any atom is -0.383 e. The normalized spacial score (nSPS) is 23.3. The van der Waals surface area contributed by atoms with Crippen LogP contribution in [-0.4, -0.2) is 60.9 Å². The molecule has 1 atom stereocenters. The van der Waals surface area contributed by atoms with E-state index in [2.05, 4.69) is 20.2 Å². The quantitative estimate of drug-likeness (QED) is 0.811. The van der Waals surface area contributed by atoms with E-state index in [1.807, 2.05) is 13.0 Å². The first kappa shape index (κ1) is 16.6. The van der Waals surface area contributed by atoms with Gasteiger partial charge in [-0.2, -0.15) is 0 Å². The van der Waals surface area contributed by atoms with Crippen LogP contribution >= 0.6 is 0 Å². The molecule has 0 aromatic carbocycles. The number of nitrogens with one attached hydrogen (secondary N) is 1. The van der Waals surface area contributed by atoms with Crippen molar-refractivity contribution >= 4 is 5.82 Å². The molecule has 1 saturated carbocycles. The number of aromatic nitrogens is 2. The van der Waals surface area contributed by atoms with Crippen LogP contribution in [0.1, 0.15) is 43.3 Å². The summed E-state index contributed by atoms with van der Waals surface area (Å²) in [6.07, 6.45) is 5.45. The molecule has 1 saturated heterocycles. The molecule has 0 bridgehead atoms. The van der Waals surface area contributed by atoms with Crippen molar-refractivity contribution in [3.05, 3.63) is 17.6 Å². The van der Waals surface area contributed by atoms with Gasteiger partial charge >= 0.3 is 0 Å². The first-order chi connectivity index (χ1) is 11.3. The summed E-state index contributed by atoms with van der Waals surface area (Å²) < 4.78 is 11.1. The molecule has 1 aromatic rings. The van der Waals surface area contributed by atoms with Gasteiger partial charge in [-0.25, -0.2) is 9.97 Å². The maximum absolute atomic E-state index is 6.01. The third-order valence-electron chi connectivity index (χ3n) is 4.74. The molecule has 1 N–H and O–H groups in total. The number of rotatable bonds is 6. The first-order valence-electron chi connectivity index (χ1n) is 8.70. The highest BCUT2D eigenvalue weighted by molar-refractivity contribution is 5.36. The number of morpholine rings is 1. The van der Waals surface area contributed by atoms with Crippen molar-refractivity contribution in [1.82, 2.24) is 14.9 Å². The molecule has 6 nitrogen and oxygen atoms in total. The lowest BCUT2D eigenvalue weighted by Crippen LogP contribution is -2.43. The molecule has 2 fully saturated rings. The highest BCUT2D eigenvalue weighted by atomic mass is 16.5. The summed E-state index contributed by atoms with van der Waals surface area (Å²) in [5, 5.41) is 3.29. The summed E-state index contributed by atoms with van der Waals surface area (Å²) in [4.78, 5) is 11.7. The Morgan fingerprint density at radius 1 is 1.35 bits per heavy atom. The van der Waals surface area contributed by atoms with Gasteiger partial charge in [0.1, 0.15) is 17.7 Å². The maximum atomic E-state index is 6.01. The molecule has 128 valence electrons. The van der Waals surface area contributed by atoms with Gasteiger partial charge in [0, 0.05) is 38.9 Å². The van der Waals surface area contributed by atoms with E-state index in [0.717, 1.165) is 49.6 Å². The van der Waals surface area contributed by atoms with Crippen molar-refractivity contribution in [2.75, 3.05) is 45.3 Å². The average Bonchev–Trinajstić information content (AvgIpc) is 3.09. The van der Waals surface area contributed by atoms with Gasteiger partial charge in [0.15, 0.2) is 0 Å². The Bertz CT molecular complexity index is 505. The Morgan fingerprint density at radius 2 is 2.17 bits per heavy atom. The van der Waals surface area contributed by atoms with Crippen molar-refractivity contribution in [2.24, 2.45) is 0 Å². The average molecular weight is 320 g/mol. The molecular formula is C17H28N4O2. The molecule has 2 heterocycles. The van der Waals surface area contributed by atoms with Crippen LogP contribution in [0, 0.1) is 6.92 Å². The van der Waals surface area contributed by atoms with Gasteiger partial charge in [-0.15, -0.1) is 0 Å². The largest absolute Gasteiger partial charge is 0.383 e. The van der Waals surface area contributed by atoms with Crippen LogP contribution in [-0.2, 0) is 9.47 Å². The van der Waals surface area contributed by atoms with Gasteiger partial charge in [0.2, 0.25) is 0 Å². The summed E-state index contributed by atoms with van der Waals surface area (Å²) in [6.45, 7) is 6.11. The minimum absolute atomic E-state index is 0.0500. The fourth-order valence-corrected chi connectivity index (χ4v) is 3.58. The second-order valence-electron chi connectivity index (χ2n) is 6.44. The molecule has 0 spiro atoms. The first-order valence-corrected chi connectivity index (χ1v) is 8.70. The number of hydrogen-bond acceptors (Lipinski definition) is 6.